The normalized spacial score (nSPS) is 9.92. The SMILES string of the molecule is COc1n[c]sc1-c1ccccc1. The summed E-state index contributed by atoms with van der Waals surface area (Å²) in [5, 5.41) is 0. The lowest BCUT2D eigenvalue weighted by Gasteiger charge is -1.99. The maximum Gasteiger partial charge on any atom is 0.233 e. The van der Waals surface area contributed by atoms with Crippen LogP contribution < -0.4 is 4.74 Å². The Kier molecular flexibility index (Phi) is 2.27. The van der Waals surface area contributed by atoms with Gasteiger partial charge in [-0.2, -0.15) is 4.98 Å². The van der Waals surface area contributed by atoms with Crippen LogP contribution in [0.5, 0.6) is 5.88 Å². The summed E-state index contributed by atoms with van der Waals surface area (Å²) in [5.74, 6) is 0.649. The molecule has 2 rings (SSSR count). The zero-order valence-electron chi connectivity index (χ0n) is 7.15. The van der Waals surface area contributed by atoms with E-state index in [0.717, 1.165) is 10.4 Å². The van der Waals surface area contributed by atoms with Crippen LogP contribution in [-0.4, -0.2) is 12.1 Å². The number of hydrogen-bond donors (Lipinski definition) is 0. The van der Waals surface area contributed by atoms with Crippen molar-refractivity contribution in [2.75, 3.05) is 7.11 Å². The summed E-state index contributed by atoms with van der Waals surface area (Å²) in [5.41, 5.74) is 3.94. The van der Waals surface area contributed by atoms with E-state index in [9.17, 15) is 0 Å². The smallest absolute Gasteiger partial charge is 0.233 e. The lowest BCUT2D eigenvalue weighted by molar-refractivity contribution is 0.402. The molecule has 0 aliphatic rings. The van der Waals surface area contributed by atoms with Crippen molar-refractivity contribution in [3.63, 3.8) is 0 Å². The summed E-state index contributed by atoms with van der Waals surface area (Å²) in [4.78, 5) is 5.01. The molecule has 0 N–H and O–H groups in total. The van der Waals surface area contributed by atoms with Gasteiger partial charge in [-0.15, -0.1) is 11.3 Å². The maximum absolute atomic E-state index is 5.11. The van der Waals surface area contributed by atoms with E-state index in [1.165, 1.54) is 11.3 Å². The molecule has 0 spiro atoms. The topological polar surface area (TPSA) is 22.1 Å². The third-order valence-electron chi connectivity index (χ3n) is 1.72. The highest BCUT2D eigenvalue weighted by molar-refractivity contribution is 7.13. The fourth-order valence-electron chi connectivity index (χ4n) is 1.11. The number of thiazole rings is 1. The van der Waals surface area contributed by atoms with E-state index in [2.05, 4.69) is 10.5 Å². The number of hydrogen-bond acceptors (Lipinski definition) is 3. The lowest BCUT2D eigenvalue weighted by Crippen LogP contribution is -1.84. The summed E-state index contributed by atoms with van der Waals surface area (Å²) in [6.45, 7) is 0. The molecular weight excluding hydrogens is 182 g/mol. The van der Waals surface area contributed by atoms with E-state index in [-0.39, 0.29) is 0 Å². The van der Waals surface area contributed by atoms with Crippen molar-refractivity contribution in [3.05, 3.63) is 35.8 Å². The van der Waals surface area contributed by atoms with Crippen LogP contribution in [0.1, 0.15) is 0 Å². The highest BCUT2D eigenvalue weighted by Gasteiger charge is 2.07. The van der Waals surface area contributed by atoms with Gasteiger partial charge in [-0.25, -0.2) is 0 Å². The van der Waals surface area contributed by atoms with Gasteiger partial charge in [0.05, 0.1) is 12.0 Å². The first kappa shape index (κ1) is 8.26. The van der Waals surface area contributed by atoms with Crippen LogP contribution in [0.2, 0.25) is 0 Å². The van der Waals surface area contributed by atoms with Gasteiger partial charge < -0.3 is 4.74 Å². The Morgan fingerprint density at radius 1 is 1.31 bits per heavy atom. The molecule has 0 fully saturated rings. The van der Waals surface area contributed by atoms with Gasteiger partial charge in [0.2, 0.25) is 5.88 Å². The molecular formula is C10H8NOS. The molecule has 2 nitrogen and oxygen atoms in total. The molecule has 3 heteroatoms. The fraction of sp³-hybridized carbons (Fsp3) is 0.100. The molecule has 0 aliphatic heterocycles. The Balaban J connectivity index is 2.47. The fourth-order valence-corrected chi connectivity index (χ4v) is 1.80. The Morgan fingerprint density at radius 2 is 2.08 bits per heavy atom. The van der Waals surface area contributed by atoms with E-state index >= 15 is 0 Å². The number of ether oxygens (including phenoxy) is 1. The molecule has 0 saturated carbocycles. The average molecular weight is 190 g/mol. The molecule has 1 aromatic carbocycles. The van der Waals surface area contributed by atoms with Crippen molar-refractivity contribution in [1.29, 1.82) is 0 Å². The number of nitrogens with zero attached hydrogens (tertiary/aromatic N) is 1. The van der Waals surface area contributed by atoms with Crippen LogP contribution in [0.4, 0.5) is 0 Å². The summed E-state index contributed by atoms with van der Waals surface area (Å²) >= 11 is 1.47. The van der Waals surface area contributed by atoms with Crippen molar-refractivity contribution in [2.24, 2.45) is 0 Å². The van der Waals surface area contributed by atoms with E-state index in [1.54, 1.807) is 7.11 Å². The van der Waals surface area contributed by atoms with E-state index < -0.39 is 0 Å². The van der Waals surface area contributed by atoms with Gasteiger partial charge in [-0.05, 0) is 5.56 Å². The summed E-state index contributed by atoms with van der Waals surface area (Å²) in [6, 6.07) is 10.0. The number of methoxy groups -OCH3 is 1. The minimum atomic E-state index is 0.649. The van der Waals surface area contributed by atoms with Crippen molar-refractivity contribution in [3.8, 4) is 16.3 Å². The third-order valence-corrected chi connectivity index (χ3v) is 2.52. The molecule has 65 valence electrons. The quantitative estimate of drug-likeness (QED) is 0.726. The molecule has 0 atom stereocenters. The van der Waals surface area contributed by atoms with Gasteiger partial charge in [0.25, 0.3) is 0 Å². The highest BCUT2D eigenvalue weighted by atomic mass is 32.1. The van der Waals surface area contributed by atoms with E-state index in [4.69, 9.17) is 4.74 Å². The molecule has 0 aliphatic carbocycles. The number of aromatic nitrogens is 1. The predicted molar refractivity (Wildman–Crippen MR) is 52.9 cm³/mol. The highest BCUT2D eigenvalue weighted by Crippen LogP contribution is 2.31. The van der Waals surface area contributed by atoms with Crippen LogP contribution in [0.15, 0.2) is 30.3 Å². The molecule has 1 aromatic heterocycles. The molecule has 1 radical (unpaired) electrons. The Morgan fingerprint density at radius 3 is 2.77 bits per heavy atom. The summed E-state index contributed by atoms with van der Waals surface area (Å²) < 4.78 is 5.11. The second-order valence-electron chi connectivity index (χ2n) is 2.51. The first-order chi connectivity index (χ1) is 6.42. The van der Waals surface area contributed by atoms with Crippen LogP contribution in [0, 0.1) is 5.51 Å². The first-order valence-electron chi connectivity index (χ1n) is 3.88. The van der Waals surface area contributed by atoms with Crippen molar-refractivity contribution >= 4 is 11.3 Å². The van der Waals surface area contributed by atoms with Gasteiger partial charge in [-0.1, -0.05) is 30.3 Å². The van der Waals surface area contributed by atoms with E-state index in [1.807, 2.05) is 30.3 Å². The summed E-state index contributed by atoms with van der Waals surface area (Å²) in [6.07, 6.45) is 0. The Hall–Kier alpha value is -1.35. The molecule has 1 heterocycles. The second kappa shape index (κ2) is 3.58. The first-order valence-corrected chi connectivity index (χ1v) is 4.70. The van der Waals surface area contributed by atoms with Gasteiger partial charge in [0.1, 0.15) is 0 Å². The molecule has 13 heavy (non-hydrogen) atoms. The van der Waals surface area contributed by atoms with E-state index in [0.29, 0.717) is 5.88 Å². The monoisotopic (exact) mass is 190 g/mol. The zero-order chi connectivity index (χ0) is 9.10. The maximum atomic E-state index is 5.11. The standard InChI is InChI=1S/C10H8NOS/c1-12-10-9(13-7-11-10)8-5-3-2-4-6-8/h2-6H,1H3. The van der Waals surface area contributed by atoms with Crippen LogP contribution in [-0.2, 0) is 0 Å². The van der Waals surface area contributed by atoms with Crippen LogP contribution in [0.3, 0.4) is 0 Å². The minimum absolute atomic E-state index is 0.649. The Bertz CT molecular complexity index is 383. The summed E-state index contributed by atoms with van der Waals surface area (Å²) in [7, 11) is 1.62. The molecule has 0 bridgehead atoms. The minimum Gasteiger partial charge on any atom is -0.480 e. The second-order valence-corrected chi connectivity index (χ2v) is 3.30. The third kappa shape index (κ3) is 1.55. The molecule has 0 unspecified atom stereocenters. The van der Waals surface area contributed by atoms with Crippen molar-refractivity contribution in [2.45, 2.75) is 0 Å². The lowest BCUT2D eigenvalue weighted by atomic mass is 10.2. The largest absolute Gasteiger partial charge is 0.480 e. The average Bonchev–Trinajstić information content (AvgIpc) is 2.67. The number of rotatable bonds is 2. The Labute approximate surface area is 80.8 Å². The van der Waals surface area contributed by atoms with Crippen LogP contribution in [0.25, 0.3) is 10.4 Å². The molecule has 0 amide bonds. The predicted octanol–water partition coefficient (Wildman–Crippen LogP) is 2.62. The van der Waals surface area contributed by atoms with Crippen LogP contribution >= 0.6 is 11.3 Å². The zero-order valence-corrected chi connectivity index (χ0v) is 7.97. The molecule has 0 saturated heterocycles. The van der Waals surface area contributed by atoms with Gasteiger partial charge >= 0.3 is 0 Å². The van der Waals surface area contributed by atoms with Gasteiger partial charge in [0, 0.05) is 0 Å². The molecule has 2 aromatic rings. The van der Waals surface area contributed by atoms with Gasteiger partial charge in [0.15, 0.2) is 5.51 Å². The van der Waals surface area contributed by atoms with Crippen molar-refractivity contribution < 1.29 is 4.74 Å². The number of benzene rings is 1. The van der Waals surface area contributed by atoms with Crippen molar-refractivity contribution in [1.82, 2.24) is 4.98 Å². The van der Waals surface area contributed by atoms with Gasteiger partial charge in [-0.3, -0.25) is 0 Å².